The zero-order chi connectivity index (χ0) is 15.4. The Balaban J connectivity index is 0.00000132. The molecule has 0 unspecified atom stereocenters. The molecule has 0 aliphatic carbocycles. The number of anilines is 1. The van der Waals surface area contributed by atoms with Crippen LogP contribution in [0.25, 0.3) is 21.8 Å². The number of rotatable bonds is 1. The molecule has 3 N–H and O–H groups in total. The summed E-state index contributed by atoms with van der Waals surface area (Å²) in [6, 6.07) is 1.92. The van der Waals surface area contributed by atoms with E-state index < -0.39 is 17.3 Å². The summed E-state index contributed by atoms with van der Waals surface area (Å²) in [6.07, 6.45) is -1.87. The van der Waals surface area contributed by atoms with Crippen molar-refractivity contribution in [3.63, 3.8) is 0 Å². The molecule has 3 rings (SSSR count). The van der Waals surface area contributed by atoms with Crippen LogP contribution in [0, 0.1) is 0 Å². The third kappa shape index (κ3) is 2.90. The molecule has 0 aliphatic heterocycles. The van der Waals surface area contributed by atoms with Crippen molar-refractivity contribution in [2.75, 3.05) is 5.73 Å². The molecule has 116 valence electrons. The van der Waals surface area contributed by atoms with Crippen LogP contribution in [0.1, 0.15) is 11.1 Å². The summed E-state index contributed by atoms with van der Waals surface area (Å²) in [5.74, 6) is 0.0848. The second-order valence-corrected chi connectivity index (χ2v) is 4.54. The number of alkyl halides is 3. The Morgan fingerprint density at radius 3 is 2.48 bits per heavy atom. The van der Waals surface area contributed by atoms with E-state index in [-0.39, 0.29) is 35.7 Å². The van der Waals surface area contributed by atoms with Gasteiger partial charge in [0.05, 0.1) is 28.9 Å². The molecule has 0 aliphatic rings. The van der Waals surface area contributed by atoms with Gasteiger partial charge >= 0.3 is 25.0 Å². The number of hydrogen-bond donors (Lipinski definition) is 1. The normalized spacial score (nSPS) is 11.1. The molecule has 0 atom stereocenters. The van der Waals surface area contributed by atoms with Crippen LogP contribution in [0.3, 0.4) is 0 Å². The molecule has 0 radical (unpaired) electrons. The van der Waals surface area contributed by atoms with Gasteiger partial charge in [-0.2, -0.15) is 18.3 Å². The first-order valence-electron chi connectivity index (χ1n) is 5.83. The van der Waals surface area contributed by atoms with Gasteiger partial charge in [-0.25, -0.2) is 4.98 Å². The van der Waals surface area contributed by atoms with E-state index in [0.717, 1.165) is 12.1 Å². The zero-order valence-electron chi connectivity index (χ0n) is 12.1. The van der Waals surface area contributed by atoms with E-state index in [0.29, 0.717) is 16.3 Å². The summed E-state index contributed by atoms with van der Waals surface area (Å²) in [4.78, 5) is 14.8. The Morgan fingerprint density at radius 2 is 1.91 bits per heavy atom. The second-order valence-electron chi connectivity index (χ2n) is 4.54. The van der Waals surface area contributed by atoms with E-state index in [1.807, 2.05) is 0 Å². The number of hydrogen-bond acceptors (Lipinski definition) is 5. The minimum Gasteiger partial charge on any atom is -0.870 e. The van der Waals surface area contributed by atoms with E-state index in [4.69, 9.17) is 5.73 Å². The molecular weight excluding hydrogens is 308 g/mol. The fraction of sp³-hybridized carbons (Fsp3) is 0.154. The number of nitrogen functional groups attached to an aromatic ring is 1. The number of benzene rings is 1. The summed E-state index contributed by atoms with van der Waals surface area (Å²) >= 11 is 0. The molecule has 2 heterocycles. The smallest absolute Gasteiger partial charge is 0.870 e. The van der Waals surface area contributed by atoms with Crippen molar-refractivity contribution in [1.82, 2.24) is 14.8 Å². The molecule has 10 heteroatoms. The van der Waals surface area contributed by atoms with Gasteiger partial charge in [0.2, 0.25) is 0 Å². The van der Waals surface area contributed by atoms with Crippen LogP contribution >= 0.6 is 0 Å². The van der Waals surface area contributed by atoms with E-state index in [1.54, 1.807) is 7.05 Å². The monoisotopic (exact) mass is 317 g/mol. The van der Waals surface area contributed by atoms with Crippen LogP contribution in [0.4, 0.5) is 19.0 Å². The maximum Gasteiger partial charge on any atom is 1.00 e. The molecule has 3 aromatic rings. The third-order valence-electron chi connectivity index (χ3n) is 3.26. The van der Waals surface area contributed by atoms with Gasteiger partial charge in [-0.05, 0) is 10.9 Å². The summed E-state index contributed by atoms with van der Waals surface area (Å²) in [5, 5.41) is 4.89. The van der Waals surface area contributed by atoms with E-state index in [2.05, 4.69) is 10.1 Å². The Morgan fingerprint density at radius 1 is 1.26 bits per heavy atom. The predicted octanol–water partition coefficient (Wildman–Crippen LogP) is -0.992. The van der Waals surface area contributed by atoms with Gasteiger partial charge in [0.25, 0.3) is 0 Å². The average molecular weight is 317 g/mol. The molecular formula is C13H9F3LiN4O2-. The van der Waals surface area contributed by atoms with Gasteiger partial charge in [0.1, 0.15) is 5.82 Å². The van der Waals surface area contributed by atoms with Crippen molar-refractivity contribution >= 4 is 33.9 Å². The van der Waals surface area contributed by atoms with Crippen LogP contribution in [-0.2, 0) is 18.0 Å². The molecule has 0 bridgehead atoms. The van der Waals surface area contributed by atoms with Crippen molar-refractivity contribution in [3.05, 3.63) is 29.5 Å². The summed E-state index contributed by atoms with van der Waals surface area (Å²) in [5.41, 5.74) is 4.66. The topological polar surface area (TPSA) is 104 Å². The number of pyridine rings is 1. The van der Waals surface area contributed by atoms with E-state index in [1.165, 1.54) is 17.2 Å². The molecule has 0 spiro atoms. The number of aromatic nitrogens is 3. The number of halogens is 3. The molecule has 0 saturated heterocycles. The fourth-order valence-corrected chi connectivity index (χ4v) is 2.32. The van der Waals surface area contributed by atoms with E-state index in [9.17, 15) is 18.0 Å². The second kappa shape index (κ2) is 6.20. The van der Waals surface area contributed by atoms with Crippen LogP contribution in [0.15, 0.2) is 18.3 Å². The molecule has 0 fully saturated rings. The number of carbonyl (C=O) groups excluding carboxylic acids is 1. The predicted molar refractivity (Wildman–Crippen MR) is 72.2 cm³/mol. The largest absolute Gasteiger partial charge is 1.00 e. The first-order valence-corrected chi connectivity index (χ1v) is 5.83. The maximum absolute atomic E-state index is 12.9. The fourth-order valence-electron chi connectivity index (χ4n) is 2.32. The Hall–Kier alpha value is -2.08. The van der Waals surface area contributed by atoms with Gasteiger partial charge in [0.15, 0.2) is 0 Å². The third-order valence-corrected chi connectivity index (χ3v) is 3.26. The summed E-state index contributed by atoms with van der Waals surface area (Å²) < 4.78 is 40.3. The molecule has 0 amide bonds. The molecule has 2 aromatic heterocycles. The maximum atomic E-state index is 12.9. The number of fused-ring (bicyclic) bond motifs is 3. The van der Waals surface area contributed by atoms with Crippen LogP contribution < -0.4 is 24.6 Å². The summed E-state index contributed by atoms with van der Waals surface area (Å²) in [6.45, 7) is 0. The van der Waals surface area contributed by atoms with Crippen molar-refractivity contribution < 1.29 is 42.3 Å². The van der Waals surface area contributed by atoms with Gasteiger partial charge < -0.3 is 16.0 Å². The molecule has 1 aromatic carbocycles. The number of nitrogens with two attached hydrogens (primary N) is 1. The Kier molecular flexibility index (Phi) is 5.11. The minimum atomic E-state index is -4.67. The van der Waals surface area contributed by atoms with Crippen molar-refractivity contribution in [1.29, 1.82) is 0 Å². The van der Waals surface area contributed by atoms with Crippen LogP contribution in [0.2, 0.25) is 0 Å². The van der Waals surface area contributed by atoms with Crippen LogP contribution in [-0.4, -0.2) is 26.5 Å². The summed E-state index contributed by atoms with van der Waals surface area (Å²) in [7, 11) is 1.63. The number of aryl methyl sites for hydroxylation is 1. The van der Waals surface area contributed by atoms with Gasteiger partial charge in [0, 0.05) is 7.05 Å². The quantitative estimate of drug-likeness (QED) is 0.458. The van der Waals surface area contributed by atoms with Crippen molar-refractivity contribution in [2.45, 2.75) is 6.18 Å². The van der Waals surface area contributed by atoms with Gasteiger partial charge in [-0.15, -0.1) is 11.6 Å². The Labute approximate surface area is 139 Å². The zero-order valence-corrected chi connectivity index (χ0v) is 12.1. The molecule has 0 saturated carbocycles. The number of nitrogens with zero attached hydrogens (tertiary/aromatic N) is 3. The van der Waals surface area contributed by atoms with Gasteiger partial charge in [-0.3, -0.25) is 4.68 Å². The Bertz CT molecular complexity index is 892. The first kappa shape index (κ1) is 19.0. The van der Waals surface area contributed by atoms with E-state index >= 15 is 0 Å². The average Bonchev–Trinajstić information content (AvgIpc) is 2.80. The molecule has 23 heavy (non-hydrogen) atoms. The minimum absolute atomic E-state index is 0. The van der Waals surface area contributed by atoms with Crippen molar-refractivity contribution in [2.24, 2.45) is 7.05 Å². The molecule has 6 nitrogen and oxygen atoms in total. The first-order chi connectivity index (χ1) is 9.82. The van der Waals surface area contributed by atoms with Crippen molar-refractivity contribution in [3.8, 4) is 0 Å². The van der Waals surface area contributed by atoms with Gasteiger partial charge in [-0.1, -0.05) is 6.07 Å². The standard InChI is InChI=1S/C13H8F3N4O.Li.H2O/c1-20-11-7-2-6(5-21)9(13(14,15)16)3-10(7)19-12(17)8(11)4-18-20;;/h2-4H,1H3,(H2,17,19);;1H2/q-1;+1;/p-1. The van der Waals surface area contributed by atoms with Crippen LogP contribution in [0.5, 0.6) is 0 Å². The SMILES string of the molecule is Cn1ncc2c(N)nc3cc(C(F)(F)F)c([C-]=O)cc3c21.[Li+].[OH-].